The highest BCUT2D eigenvalue weighted by molar-refractivity contribution is 6.31. The third kappa shape index (κ3) is 5.36. The van der Waals surface area contributed by atoms with Crippen LogP contribution in [0.4, 0.5) is 4.39 Å². The fourth-order valence-electron chi connectivity index (χ4n) is 1.81. The van der Waals surface area contributed by atoms with E-state index in [2.05, 4.69) is 26.1 Å². The topological polar surface area (TPSA) is 12.0 Å². The molecule has 0 aliphatic carbocycles. The summed E-state index contributed by atoms with van der Waals surface area (Å²) in [6, 6.07) is 3.27. The van der Waals surface area contributed by atoms with Crippen LogP contribution in [0.1, 0.15) is 44.7 Å². The molecule has 0 atom stereocenters. The van der Waals surface area contributed by atoms with Gasteiger partial charge in [0.05, 0.1) is 0 Å². The predicted molar refractivity (Wildman–Crippen MR) is 76.8 cm³/mol. The van der Waals surface area contributed by atoms with Crippen molar-refractivity contribution >= 4 is 11.6 Å². The van der Waals surface area contributed by atoms with Crippen molar-refractivity contribution < 1.29 is 4.39 Å². The number of nitrogens with one attached hydrogen (secondary N) is 1. The van der Waals surface area contributed by atoms with Gasteiger partial charge in [-0.15, -0.1) is 0 Å². The Balaban J connectivity index is 2.38. The maximum absolute atomic E-state index is 13.2. The molecule has 0 aliphatic rings. The molecular weight excluding hydrogens is 249 g/mol. The summed E-state index contributed by atoms with van der Waals surface area (Å²) in [6.45, 7) is 9.26. The van der Waals surface area contributed by atoms with E-state index >= 15 is 0 Å². The van der Waals surface area contributed by atoms with E-state index in [0.717, 1.165) is 31.4 Å². The molecule has 0 saturated carbocycles. The molecule has 0 saturated heterocycles. The lowest BCUT2D eigenvalue weighted by molar-refractivity contribution is 0.419. The summed E-state index contributed by atoms with van der Waals surface area (Å²) in [5, 5.41) is 3.99. The van der Waals surface area contributed by atoms with E-state index < -0.39 is 0 Å². The highest BCUT2D eigenvalue weighted by atomic mass is 35.5. The number of halogens is 2. The monoisotopic (exact) mass is 271 g/mol. The van der Waals surface area contributed by atoms with E-state index in [1.807, 2.05) is 6.07 Å². The van der Waals surface area contributed by atoms with Crippen molar-refractivity contribution in [1.29, 1.82) is 0 Å². The summed E-state index contributed by atoms with van der Waals surface area (Å²) >= 11 is 6.03. The first-order valence-electron chi connectivity index (χ1n) is 6.49. The number of benzene rings is 1. The third-order valence-corrected chi connectivity index (χ3v) is 3.21. The zero-order valence-electron chi connectivity index (χ0n) is 11.7. The zero-order chi connectivity index (χ0) is 13.8. The molecule has 0 spiro atoms. The van der Waals surface area contributed by atoms with Crippen LogP contribution in [-0.2, 0) is 6.42 Å². The van der Waals surface area contributed by atoms with Gasteiger partial charge in [0.25, 0.3) is 0 Å². The average Bonchev–Trinajstić information content (AvgIpc) is 2.23. The molecule has 1 rings (SSSR count). The Morgan fingerprint density at radius 1 is 1.22 bits per heavy atom. The molecule has 1 N–H and O–H groups in total. The SMILES string of the molecule is Cc1cc(CCCCNC(C)(C)C)c(Cl)cc1F. The molecule has 18 heavy (non-hydrogen) atoms. The first kappa shape index (κ1) is 15.5. The Bertz CT molecular complexity index is 396. The molecule has 1 nitrogen and oxygen atoms in total. The van der Waals surface area contributed by atoms with E-state index in [-0.39, 0.29) is 11.4 Å². The van der Waals surface area contributed by atoms with Crippen LogP contribution in [0.3, 0.4) is 0 Å². The van der Waals surface area contributed by atoms with Crippen LogP contribution in [0.5, 0.6) is 0 Å². The molecule has 1 aromatic rings. The van der Waals surface area contributed by atoms with E-state index in [1.54, 1.807) is 6.92 Å². The quantitative estimate of drug-likeness (QED) is 0.778. The molecule has 0 amide bonds. The number of unbranched alkanes of at least 4 members (excludes halogenated alkanes) is 1. The Kier molecular flexibility index (Phi) is 5.61. The van der Waals surface area contributed by atoms with Gasteiger partial charge in [-0.1, -0.05) is 17.7 Å². The Hall–Kier alpha value is -0.600. The molecule has 102 valence electrons. The highest BCUT2D eigenvalue weighted by Crippen LogP contribution is 2.22. The standard InChI is InChI=1S/C15H23ClFN/c1-11-9-12(13(16)10-14(11)17)7-5-6-8-18-15(2,3)4/h9-10,18H,5-8H2,1-4H3. The maximum Gasteiger partial charge on any atom is 0.127 e. The number of aryl methyl sites for hydroxylation is 2. The van der Waals surface area contributed by atoms with Gasteiger partial charge in [0, 0.05) is 10.6 Å². The Labute approximate surface area is 115 Å². The second-order valence-electron chi connectivity index (χ2n) is 5.83. The summed E-state index contributed by atoms with van der Waals surface area (Å²) in [5.74, 6) is -0.224. The van der Waals surface area contributed by atoms with Crippen LogP contribution in [0, 0.1) is 12.7 Å². The van der Waals surface area contributed by atoms with Crippen LogP contribution in [0.15, 0.2) is 12.1 Å². The minimum absolute atomic E-state index is 0.171. The van der Waals surface area contributed by atoms with Crippen molar-refractivity contribution in [3.05, 3.63) is 34.1 Å². The largest absolute Gasteiger partial charge is 0.312 e. The smallest absolute Gasteiger partial charge is 0.127 e. The molecule has 0 unspecified atom stereocenters. The fraction of sp³-hybridized carbons (Fsp3) is 0.600. The highest BCUT2D eigenvalue weighted by Gasteiger charge is 2.08. The molecule has 0 bridgehead atoms. The minimum atomic E-state index is -0.224. The first-order valence-corrected chi connectivity index (χ1v) is 6.87. The van der Waals surface area contributed by atoms with Crippen molar-refractivity contribution in [2.75, 3.05) is 6.54 Å². The number of hydrogen-bond donors (Lipinski definition) is 1. The van der Waals surface area contributed by atoms with Crippen LogP contribution < -0.4 is 5.32 Å². The van der Waals surface area contributed by atoms with Crippen LogP contribution in [0.2, 0.25) is 5.02 Å². The van der Waals surface area contributed by atoms with Gasteiger partial charge in [0.1, 0.15) is 5.82 Å². The Morgan fingerprint density at radius 3 is 2.50 bits per heavy atom. The summed E-state index contributed by atoms with van der Waals surface area (Å²) in [5.41, 5.74) is 1.89. The molecule has 0 fully saturated rings. The van der Waals surface area contributed by atoms with Gasteiger partial charge < -0.3 is 5.32 Å². The van der Waals surface area contributed by atoms with Gasteiger partial charge in [0.15, 0.2) is 0 Å². The van der Waals surface area contributed by atoms with Gasteiger partial charge >= 0.3 is 0 Å². The van der Waals surface area contributed by atoms with Gasteiger partial charge in [0.2, 0.25) is 0 Å². The fourth-order valence-corrected chi connectivity index (χ4v) is 2.06. The van der Waals surface area contributed by atoms with Crippen molar-refractivity contribution in [2.45, 2.75) is 52.5 Å². The molecule has 0 heterocycles. The van der Waals surface area contributed by atoms with Gasteiger partial charge in [-0.2, -0.15) is 0 Å². The van der Waals surface area contributed by atoms with Crippen molar-refractivity contribution in [2.24, 2.45) is 0 Å². The lowest BCUT2D eigenvalue weighted by atomic mass is 10.0. The Morgan fingerprint density at radius 2 is 1.89 bits per heavy atom. The van der Waals surface area contributed by atoms with E-state index in [0.29, 0.717) is 10.6 Å². The van der Waals surface area contributed by atoms with Gasteiger partial charge in [-0.05, 0) is 70.7 Å². The predicted octanol–water partition coefficient (Wildman–Crippen LogP) is 4.50. The minimum Gasteiger partial charge on any atom is -0.312 e. The molecular formula is C15H23ClFN. The lowest BCUT2D eigenvalue weighted by Gasteiger charge is -2.20. The first-order chi connectivity index (χ1) is 8.29. The summed E-state index contributed by atoms with van der Waals surface area (Å²) in [7, 11) is 0. The maximum atomic E-state index is 13.2. The van der Waals surface area contributed by atoms with Crippen LogP contribution >= 0.6 is 11.6 Å². The number of rotatable bonds is 5. The summed E-state index contributed by atoms with van der Waals surface area (Å²) in [4.78, 5) is 0. The van der Waals surface area contributed by atoms with E-state index in [9.17, 15) is 4.39 Å². The van der Waals surface area contributed by atoms with Gasteiger partial charge in [-0.25, -0.2) is 4.39 Å². The number of hydrogen-bond acceptors (Lipinski definition) is 1. The lowest BCUT2D eigenvalue weighted by Crippen LogP contribution is -2.36. The normalized spacial score (nSPS) is 11.9. The molecule has 0 aliphatic heterocycles. The second-order valence-corrected chi connectivity index (χ2v) is 6.23. The second kappa shape index (κ2) is 6.53. The zero-order valence-corrected chi connectivity index (χ0v) is 12.5. The van der Waals surface area contributed by atoms with Crippen LogP contribution in [-0.4, -0.2) is 12.1 Å². The van der Waals surface area contributed by atoms with Crippen molar-refractivity contribution in [3.8, 4) is 0 Å². The summed E-state index contributed by atoms with van der Waals surface area (Å²) in [6.07, 6.45) is 3.07. The van der Waals surface area contributed by atoms with Crippen LogP contribution in [0.25, 0.3) is 0 Å². The van der Waals surface area contributed by atoms with Crippen molar-refractivity contribution in [1.82, 2.24) is 5.32 Å². The average molecular weight is 272 g/mol. The van der Waals surface area contributed by atoms with E-state index in [1.165, 1.54) is 6.07 Å². The summed E-state index contributed by atoms with van der Waals surface area (Å²) < 4.78 is 13.2. The molecule has 1 aromatic carbocycles. The molecule has 3 heteroatoms. The van der Waals surface area contributed by atoms with E-state index in [4.69, 9.17) is 11.6 Å². The third-order valence-electron chi connectivity index (χ3n) is 2.86. The molecule has 0 radical (unpaired) electrons. The van der Waals surface area contributed by atoms with Crippen molar-refractivity contribution in [3.63, 3.8) is 0 Å². The molecule has 0 aromatic heterocycles. The van der Waals surface area contributed by atoms with Gasteiger partial charge in [-0.3, -0.25) is 0 Å².